The molecule has 1 aliphatic rings. The Morgan fingerprint density at radius 1 is 1.21 bits per heavy atom. The molecule has 0 fully saturated rings. The number of halogens is 1. The zero-order valence-electron chi connectivity index (χ0n) is 17.2. The van der Waals surface area contributed by atoms with E-state index in [1.165, 1.54) is 0 Å². The summed E-state index contributed by atoms with van der Waals surface area (Å²) in [6.45, 7) is 8.54. The van der Waals surface area contributed by atoms with Crippen molar-refractivity contribution in [1.82, 2.24) is 0 Å². The molecular weight excluding hydrogens is 357 g/mol. The predicted molar refractivity (Wildman–Crippen MR) is 109 cm³/mol. The third kappa shape index (κ3) is 3.84. The molecular formula is C23H28FNO3. The number of rotatable bonds is 6. The third-order valence-electron chi connectivity index (χ3n) is 5.94. The van der Waals surface area contributed by atoms with Gasteiger partial charge in [-0.1, -0.05) is 6.07 Å². The standard InChI is InChI=1S/C23H28FNO3/c1-14-15(2)20(8-6-16(14)7-9-21(26)27)28-13-18-11-19(24)10-17-12-23(3,4)25(5)22(17)18/h6,8,10-11H,7,9,12-13H2,1-5H3,(H,26,27). The Kier molecular flexibility index (Phi) is 5.37. The number of likely N-dealkylation sites (N-methyl/N-ethyl adjacent to an activating group) is 1. The summed E-state index contributed by atoms with van der Waals surface area (Å²) in [5, 5.41) is 8.90. The minimum Gasteiger partial charge on any atom is -0.489 e. The van der Waals surface area contributed by atoms with Gasteiger partial charge in [0.2, 0.25) is 0 Å². The molecule has 0 radical (unpaired) electrons. The van der Waals surface area contributed by atoms with Gasteiger partial charge in [-0.15, -0.1) is 0 Å². The van der Waals surface area contributed by atoms with Gasteiger partial charge in [-0.2, -0.15) is 0 Å². The van der Waals surface area contributed by atoms with Crippen LogP contribution in [0.3, 0.4) is 0 Å². The zero-order valence-corrected chi connectivity index (χ0v) is 17.2. The van der Waals surface area contributed by atoms with E-state index in [-0.39, 0.29) is 24.4 Å². The molecule has 0 spiro atoms. The van der Waals surface area contributed by atoms with E-state index in [0.29, 0.717) is 6.42 Å². The maximum Gasteiger partial charge on any atom is 0.303 e. The molecule has 3 rings (SSSR count). The van der Waals surface area contributed by atoms with Gasteiger partial charge in [-0.3, -0.25) is 4.79 Å². The van der Waals surface area contributed by atoms with Gasteiger partial charge >= 0.3 is 5.97 Å². The smallest absolute Gasteiger partial charge is 0.303 e. The van der Waals surface area contributed by atoms with Crippen LogP contribution in [0.15, 0.2) is 24.3 Å². The molecule has 0 atom stereocenters. The minimum absolute atomic E-state index is 0.0524. The number of carboxylic acid groups (broad SMARTS) is 1. The lowest BCUT2D eigenvalue weighted by atomic mass is 9.98. The van der Waals surface area contributed by atoms with Gasteiger partial charge in [0.1, 0.15) is 18.2 Å². The summed E-state index contributed by atoms with van der Waals surface area (Å²) in [7, 11) is 2.04. The fourth-order valence-corrected chi connectivity index (χ4v) is 3.96. The molecule has 28 heavy (non-hydrogen) atoms. The Labute approximate surface area is 165 Å². The van der Waals surface area contributed by atoms with Crippen molar-refractivity contribution in [2.24, 2.45) is 0 Å². The van der Waals surface area contributed by atoms with E-state index in [4.69, 9.17) is 9.84 Å². The van der Waals surface area contributed by atoms with E-state index in [9.17, 15) is 9.18 Å². The SMILES string of the molecule is Cc1c(CCC(=O)O)ccc(OCc2cc(F)cc3c2N(C)C(C)(C)C3)c1C. The van der Waals surface area contributed by atoms with Gasteiger partial charge in [-0.25, -0.2) is 4.39 Å². The number of benzene rings is 2. The summed E-state index contributed by atoms with van der Waals surface area (Å²) in [6, 6.07) is 6.98. The lowest BCUT2D eigenvalue weighted by Gasteiger charge is -2.31. The van der Waals surface area contributed by atoms with Gasteiger partial charge in [0, 0.05) is 30.3 Å². The molecule has 1 aliphatic heterocycles. The normalized spacial score (nSPS) is 14.9. The van der Waals surface area contributed by atoms with Crippen molar-refractivity contribution in [2.75, 3.05) is 11.9 Å². The molecule has 1 N–H and O–H groups in total. The summed E-state index contributed by atoms with van der Waals surface area (Å²) >= 11 is 0. The molecule has 0 unspecified atom stereocenters. The number of aliphatic carboxylic acids is 1. The van der Waals surface area contributed by atoms with Gasteiger partial charge < -0.3 is 14.7 Å². The average molecular weight is 385 g/mol. The first-order chi connectivity index (χ1) is 13.1. The minimum atomic E-state index is -0.801. The van der Waals surface area contributed by atoms with Crippen molar-refractivity contribution in [2.45, 2.75) is 59.1 Å². The van der Waals surface area contributed by atoms with Crippen LogP contribution >= 0.6 is 0 Å². The molecule has 2 aromatic carbocycles. The summed E-state index contributed by atoms with van der Waals surface area (Å²) in [5.74, 6) is -0.292. The highest BCUT2D eigenvalue weighted by Gasteiger charge is 2.35. The maximum absolute atomic E-state index is 14.2. The van der Waals surface area contributed by atoms with Gasteiger partial charge in [-0.05, 0) is 81.0 Å². The van der Waals surface area contributed by atoms with Crippen LogP contribution in [-0.2, 0) is 24.2 Å². The second-order valence-corrected chi connectivity index (χ2v) is 8.28. The molecule has 0 saturated heterocycles. The molecule has 0 bridgehead atoms. The summed E-state index contributed by atoms with van der Waals surface area (Å²) in [4.78, 5) is 13.0. The first-order valence-corrected chi connectivity index (χ1v) is 9.59. The van der Waals surface area contributed by atoms with E-state index in [0.717, 1.165) is 45.7 Å². The fraction of sp³-hybridized carbons (Fsp3) is 0.435. The second kappa shape index (κ2) is 7.46. The number of fused-ring (bicyclic) bond motifs is 1. The Morgan fingerprint density at radius 2 is 1.93 bits per heavy atom. The van der Waals surface area contributed by atoms with E-state index in [1.807, 2.05) is 33.0 Å². The number of carbonyl (C=O) groups is 1. The molecule has 1 heterocycles. The molecule has 4 nitrogen and oxygen atoms in total. The monoisotopic (exact) mass is 385 g/mol. The lowest BCUT2D eigenvalue weighted by molar-refractivity contribution is -0.136. The third-order valence-corrected chi connectivity index (χ3v) is 5.94. The Bertz CT molecular complexity index is 921. The zero-order chi connectivity index (χ0) is 20.6. The summed E-state index contributed by atoms with van der Waals surface area (Å²) < 4.78 is 20.2. The number of hydrogen-bond acceptors (Lipinski definition) is 3. The summed E-state index contributed by atoms with van der Waals surface area (Å²) in [5.41, 5.74) is 5.91. The number of anilines is 1. The van der Waals surface area contributed by atoms with Crippen molar-refractivity contribution >= 4 is 11.7 Å². The van der Waals surface area contributed by atoms with Crippen LogP contribution in [0.2, 0.25) is 0 Å². The number of nitrogens with zero attached hydrogens (tertiary/aromatic N) is 1. The van der Waals surface area contributed by atoms with Crippen LogP contribution in [0.5, 0.6) is 5.75 Å². The Morgan fingerprint density at radius 3 is 2.61 bits per heavy atom. The van der Waals surface area contributed by atoms with Crippen LogP contribution in [0, 0.1) is 19.7 Å². The van der Waals surface area contributed by atoms with Crippen LogP contribution in [0.25, 0.3) is 0 Å². The highest BCUT2D eigenvalue weighted by molar-refractivity contribution is 5.67. The molecule has 5 heteroatoms. The highest BCUT2D eigenvalue weighted by atomic mass is 19.1. The molecule has 0 saturated carbocycles. The molecule has 0 amide bonds. The Hall–Kier alpha value is -2.56. The number of ether oxygens (including phenoxy) is 1. The number of carboxylic acids is 1. The van der Waals surface area contributed by atoms with E-state index in [2.05, 4.69) is 18.7 Å². The maximum atomic E-state index is 14.2. The van der Waals surface area contributed by atoms with E-state index < -0.39 is 5.97 Å². The highest BCUT2D eigenvalue weighted by Crippen LogP contribution is 2.41. The van der Waals surface area contributed by atoms with Crippen molar-refractivity contribution in [3.05, 3.63) is 57.9 Å². The Balaban J connectivity index is 1.83. The average Bonchev–Trinajstić information content (AvgIpc) is 2.83. The second-order valence-electron chi connectivity index (χ2n) is 8.28. The van der Waals surface area contributed by atoms with Crippen LogP contribution < -0.4 is 9.64 Å². The van der Waals surface area contributed by atoms with Crippen LogP contribution in [0.1, 0.15) is 48.1 Å². The van der Waals surface area contributed by atoms with Gasteiger partial charge in [0.05, 0.1) is 0 Å². The van der Waals surface area contributed by atoms with Gasteiger partial charge in [0.15, 0.2) is 0 Å². The largest absolute Gasteiger partial charge is 0.489 e. The van der Waals surface area contributed by atoms with Crippen LogP contribution in [-0.4, -0.2) is 23.7 Å². The first-order valence-electron chi connectivity index (χ1n) is 9.59. The number of aryl methyl sites for hydroxylation is 1. The molecule has 150 valence electrons. The van der Waals surface area contributed by atoms with Crippen molar-refractivity contribution in [3.63, 3.8) is 0 Å². The molecule has 0 aliphatic carbocycles. The van der Waals surface area contributed by atoms with Gasteiger partial charge in [0.25, 0.3) is 0 Å². The van der Waals surface area contributed by atoms with Crippen LogP contribution in [0.4, 0.5) is 10.1 Å². The summed E-state index contributed by atoms with van der Waals surface area (Å²) in [6.07, 6.45) is 1.41. The van der Waals surface area contributed by atoms with Crippen molar-refractivity contribution < 1.29 is 19.0 Å². The quantitative estimate of drug-likeness (QED) is 0.775. The topological polar surface area (TPSA) is 49.8 Å². The fourth-order valence-electron chi connectivity index (χ4n) is 3.96. The predicted octanol–water partition coefficient (Wildman–Crippen LogP) is 4.81. The van der Waals surface area contributed by atoms with Crippen molar-refractivity contribution in [1.29, 1.82) is 0 Å². The van der Waals surface area contributed by atoms with Crippen molar-refractivity contribution in [3.8, 4) is 5.75 Å². The molecule has 0 aromatic heterocycles. The number of hydrogen-bond donors (Lipinski definition) is 1. The van der Waals surface area contributed by atoms with E-state index in [1.54, 1.807) is 12.1 Å². The lowest BCUT2D eigenvalue weighted by Crippen LogP contribution is -2.38. The van der Waals surface area contributed by atoms with E-state index >= 15 is 0 Å². The first kappa shape index (κ1) is 20.2. The molecule has 2 aromatic rings.